The molecule has 0 N–H and O–H groups in total. The molecule has 5 rings (SSSR count). The van der Waals surface area contributed by atoms with Gasteiger partial charge in [-0.2, -0.15) is 0 Å². The van der Waals surface area contributed by atoms with E-state index in [4.69, 9.17) is 4.74 Å². The molecule has 0 spiro atoms. The van der Waals surface area contributed by atoms with Crippen molar-refractivity contribution in [3.8, 4) is 0 Å². The van der Waals surface area contributed by atoms with Gasteiger partial charge in [0.15, 0.2) is 0 Å². The molecule has 4 aliphatic carbocycles. The number of Topliss-reactive ketones (excluding diaryl/α,β-unsaturated/α-hetero) is 1. The monoisotopic (exact) mass is 504 g/mol. The van der Waals surface area contributed by atoms with Crippen LogP contribution in [0.2, 0.25) is 0 Å². The third-order valence-electron chi connectivity index (χ3n) is 11.3. The van der Waals surface area contributed by atoms with Crippen LogP contribution in [0.1, 0.15) is 109 Å². The average Bonchev–Trinajstić information content (AvgIpc) is 3.15. The first-order valence-electron chi connectivity index (χ1n) is 15.1. The maximum atomic E-state index is 13.6. The molecule has 0 aromatic heterocycles. The fraction of sp³-hybridized carbons (Fsp3) is 0.706. The Labute approximate surface area is 224 Å². The quantitative estimate of drug-likeness (QED) is 0.276. The number of rotatable bonds is 7. The Kier molecular flexibility index (Phi) is 7.46. The third kappa shape index (κ3) is 4.85. The fourth-order valence-corrected chi connectivity index (χ4v) is 9.12. The summed E-state index contributed by atoms with van der Waals surface area (Å²) in [5.41, 5.74) is 2.47. The highest BCUT2D eigenvalue weighted by molar-refractivity contribution is 5.89. The summed E-state index contributed by atoms with van der Waals surface area (Å²) in [5, 5.41) is 0. The van der Waals surface area contributed by atoms with E-state index in [9.17, 15) is 9.59 Å². The topological polar surface area (TPSA) is 43.4 Å². The van der Waals surface area contributed by atoms with E-state index in [-0.39, 0.29) is 28.8 Å². The standard InChI is InChI=1S/C34H48O3/c1-22(2)10-9-11-23(3)29-21-30(35)31-27-15-14-25-20-26(37-32(36)24-12-7-6-8-13-24)16-18-33(25,4)28(27)17-19-34(29,31)5/h6-8,12-13,15,22-23,25-26,28-29,31H,9-11,14,16-21H2,1-5H3/t23-,25+,26+,28+,29-,31+,33+,34-/m1/s1. The van der Waals surface area contributed by atoms with E-state index < -0.39 is 0 Å². The smallest absolute Gasteiger partial charge is 0.338 e. The van der Waals surface area contributed by atoms with Gasteiger partial charge in [-0.15, -0.1) is 0 Å². The van der Waals surface area contributed by atoms with Crippen LogP contribution in [0.15, 0.2) is 42.0 Å². The average molecular weight is 505 g/mol. The molecule has 0 radical (unpaired) electrons. The zero-order valence-electron chi connectivity index (χ0n) is 23.8. The van der Waals surface area contributed by atoms with Crippen molar-refractivity contribution in [1.82, 2.24) is 0 Å². The van der Waals surface area contributed by atoms with Gasteiger partial charge in [0, 0.05) is 12.3 Å². The van der Waals surface area contributed by atoms with Crippen LogP contribution in [-0.4, -0.2) is 17.9 Å². The van der Waals surface area contributed by atoms with E-state index in [2.05, 4.69) is 40.7 Å². The first kappa shape index (κ1) is 26.7. The van der Waals surface area contributed by atoms with Crippen molar-refractivity contribution in [1.29, 1.82) is 0 Å². The van der Waals surface area contributed by atoms with Gasteiger partial charge in [-0.1, -0.05) is 83.7 Å². The second-order valence-corrected chi connectivity index (χ2v) is 13.9. The van der Waals surface area contributed by atoms with Crippen molar-refractivity contribution in [3.05, 3.63) is 47.5 Å². The van der Waals surface area contributed by atoms with E-state index in [1.807, 2.05) is 30.3 Å². The first-order chi connectivity index (χ1) is 17.6. The molecule has 0 aliphatic heterocycles. The highest BCUT2D eigenvalue weighted by Gasteiger charge is 2.61. The van der Waals surface area contributed by atoms with Crippen LogP contribution in [-0.2, 0) is 9.53 Å². The summed E-state index contributed by atoms with van der Waals surface area (Å²) in [6.07, 6.45) is 13.5. The second kappa shape index (κ2) is 10.3. The molecule has 8 atom stereocenters. The third-order valence-corrected chi connectivity index (χ3v) is 11.3. The zero-order chi connectivity index (χ0) is 26.4. The summed E-state index contributed by atoms with van der Waals surface area (Å²) in [6, 6.07) is 9.37. The molecule has 1 aromatic carbocycles. The number of hydrogen-bond donors (Lipinski definition) is 0. The van der Waals surface area contributed by atoms with Gasteiger partial charge in [0.25, 0.3) is 0 Å². The van der Waals surface area contributed by atoms with Crippen LogP contribution in [0.3, 0.4) is 0 Å². The number of carbonyl (C=O) groups is 2. The Morgan fingerprint density at radius 3 is 2.49 bits per heavy atom. The molecule has 37 heavy (non-hydrogen) atoms. The lowest BCUT2D eigenvalue weighted by atomic mass is 9.47. The van der Waals surface area contributed by atoms with Crippen molar-refractivity contribution in [3.63, 3.8) is 0 Å². The Balaban J connectivity index is 1.29. The van der Waals surface area contributed by atoms with Gasteiger partial charge in [0.2, 0.25) is 0 Å². The minimum absolute atomic E-state index is 0.00114. The number of esters is 1. The van der Waals surface area contributed by atoms with Crippen LogP contribution < -0.4 is 0 Å². The normalized spacial score (nSPS) is 37.8. The van der Waals surface area contributed by atoms with Gasteiger partial charge in [-0.05, 0) is 91.1 Å². The van der Waals surface area contributed by atoms with Crippen LogP contribution in [0.25, 0.3) is 0 Å². The summed E-state index contributed by atoms with van der Waals surface area (Å²) >= 11 is 0. The highest BCUT2D eigenvalue weighted by Crippen LogP contribution is 2.66. The summed E-state index contributed by atoms with van der Waals surface area (Å²) in [5.74, 6) is 3.40. The minimum Gasteiger partial charge on any atom is -0.459 e. The molecule has 0 unspecified atom stereocenters. The number of fused-ring (bicyclic) bond motifs is 5. The molecule has 0 amide bonds. The number of hydrogen-bond acceptors (Lipinski definition) is 3. The fourth-order valence-electron chi connectivity index (χ4n) is 9.12. The summed E-state index contributed by atoms with van der Waals surface area (Å²) in [7, 11) is 0. The van der Waals surface area contributed by atoms with Crippen LogP contribution in [0, 0.1) is 46.3 Å². The predicted molar refractivity (Wildman–Crippen MR) is 149 cm³/mol. The molecule has 202 valence electrons. The first-order valence-corrected chi connectivity index (χ1v) is 15.1. The molecule has 4 aliphatic rings. The Morgan fingerprint density at radius 1 is 1.03 bits per heavy atom. The zero-order valence-corrected chi connectivity index (χ0v) is 23.8. The lowest BCUT2D eigenvalue weighted by Crippen LogP contribution is -2.51. The molecular formula is C34H48O3. The van der Waals surface area contributed by atoms with Gasteiger partial charge < -0.3 is 4.74 Å². The van der Waals surface area contributed by atoms with Crippen molar-refractivity contribution in [2.24, 2.45) is 46.3 Å². The van der Waals surface area contributed by atoms with Gasteiger partial charge in [0.05, 0.1) is 5.56 Å². The van der Waals surface area contributed by atoms with E-state index in [1.165, 1.54) is 37.7 Å². The molecular weight excluding hydrogens is 456 g/mol. The molecule has 3 fully saturated rings. The van der Waals surface area contributed by atoms with E-state index in [0.29, 0.717) is 35.0 Å². The maximum absolute atomic E-state index is 13.6. The maximum Gasteiger partial charge on any atom is 0.338 e. The SMILES string of the molecule is CC(C)CCC[C@@H](C)[C@H]1CC(=O)[C@@H]2C3=CC[C@H]4C[C@@H](OC(=O)c5ccccc5)CC[C@]4(C)[C@H]3CC[C@@]21C. The number of ether oxygens (including phenoxy) is 1. The molecule has 3 nitrogen and oxygen atoms in total. The predicted octanol–water partition coefficient (Wildman–Crippen LogP) is 8.43. The van der Waals surface area contributed by atoms with Crippen LogP contribution in [0.5, 0.6) is 0 Å². The Bertz CT molecular complexity index is 1020. The highest BCUT2D eigenvalue weighted by atomic mass is 16.5. The summed E-state index contributed by atoms with van der Waals surface area (Å²) < 4.78 is 5.98. The van der Waals surface area contributed by atoms with Crippen molar-refractivity contribution in [2.75, 3.05) is 0 Å². The van der Waals surface area contributed by atoms with Crippen molar-refractivity contribution >= 4 is 11.8 Å². The Morgan fingerprint density at radius 2 is 1.76 bits per heavy atom. The molecule has 0 heterocycles. The number of allylic oxidation sites excluding steroid dienone is 2. The summed E-state index contributed by atoms with van der Waals surface area (Å²) in [6.45, 7) is 12.0. The number of benzene rings is 1. The van der Waals surface area contributed by atoms with Gasteiger partial charge in [-0.25, -0.2) is 4.79 Å². The molecule has 3 heteroatoms. The van der Waals surface area contributed by atoms with E-state index in [1.54, 1.807) is 0 Å². The lowest BCUT2D eigenvalue weighted by molar-refractivity contribution is -0.123. The van der Waals surface area contributed by atoms with Crippen molar-refractivity contribution in [2.45, 2.75) is 105 Å². The molecule has 0 saturated heterocycles. The van der Waals surface area contributed by atoms with E-state index in [0.717, 1.165) is 38.0 Å². The van der Waals surface area contributed by atoms with E-state index >= 15 is 0 Å². The lowest BCUT2D eigenvalue weighted by Gasteiger charge is -2.57. The molecule has 0 bridgehead atoms. The van der Waals surface area contributed by atoms with Crippen LogP contribution >= 0.6 is 0 Å². The molecule has 3 saturated carbocycles. The van der Waals surface area contributed by atoms with Gasteiger partial charge in [0.1, 0.15) is 11.9 Å². The van der Waals surface area contributed by atoms with Crippen molar-refractivity contribution < 1.29 is 14.3 Å². The Hall–Kier alpha value is -1.90. The molecule has 1 aromatic rings. The minimum atomic E-state index is -0.195. The van der Waals surface area contributed by atoms with Gasteiger partial charge >= 0.3 is 5.97 Å². The number of ketones is 1. The largest absolute Gasteiger partial charge is 0.459 e. The van der Waals surface area contributed by atoms with Gasteiger partial charge in [-0.3, -0.25) is 4.79 Å². The number of carbonyl (C=O) groups excluding carboxylic acids is 2. The summed E-state index contributed by atoms with van der Waals surface area (Å²) in [4.78, 5) is 26.3. The second-order valence-electron chi connectivity index (χ2n) is 13.9. The van der Waals surface area contributed by atoms with Crippen LogP contribution in [0.4, 0.5) is 0 Å².